The molecule has 1 unspecified atom stereocenters. The van der Waals surface area contributed by atoms with Crippen LogP contribution in [0.1, 0.15) is 28.9 Å². The molecule has 0 radical (unpaired) electrons. The molecular formula is C17H19NO3. The Hall–Kier alpha value is -2.49. The summed E-state index contributed by atoms with van der Waals surface area (Å²) >= 11 is 0. The summed E-state index contributed by atoms with van der Waals surface area (Å²) in [6, 6.07) is 13.9. The number of benzene rings is 2. The second kappa shape index (κ2) is 6.31. The largest absolute Gasteiger partial charge is 0.508 e. The number of amides is 1. The van der Waals surface area contributed by atoms with Gasteiger partial charge in [-0.25, -0.2) is 0 Å². The molecule has 0 fully saturated rings. The Morgan fingerprint density at radius 2 is 1.86 bits per heavy atom. The average molecular weight is 285 g/mol. The fourth-order valence-corrected chi connectivity index (χ4v) is 2.11. The van der Waals surface area contributed by atoms with Crippen molar-refractivity contribution < 1.29 is 14.6 Å². The molecule has 4 heteroatoms. The topological polar surface area (TPSA) is 49.8 Å². The zero-order valence-corrected chi connectivity index (χ0v) is 12.4. The lowest BCUT2D eigenvalue weighted by Crippen LogP contribution is -2.29. The van der Waals surface area contributed by atoms with Gasteiger partial charge in [0.15, 0.2) is 0 Å². The monoisotopic (exact) mass is 285 g/mol. The SMILES string of the molecule is COc1cccc(C(=O)N(C)C(C)c2ccc(O)cc2)c1. The Morgan fingerprint density at radius 3 is 2.48 bits per heavy atom. The molecule has 0 aromatic heterocycles. The van der Waals surface area contributed by atoms with Gasteiger partial charge in [0, 0.05) is 12.6 Å². The van der Waals surface area contributed by atoms with Crippen molar-refractivity contribution >= 4 is 5.91 Å². The van der Waals surface area contributed by atoms with E-state index in [1.54, 1.807) is 55.5 Å². The molecule has 0 aliphatic rings. The second-order valence-electron chi connectivity index (χ2n) is 4.92. The molecule has 2 aromatic rings. The van der Waals surface area contributed by atoms with Crippen LogP contribution in [0.3, 0.4) is 0 Å². The highest BCUT2D eigenvalue weighted by atomic mass is 16.5. The van der Waals surface area contributed by atoms with Gasteiger partial charge in [0.2, 0.25) is 0 Å². The van der Waals surface area contributed by atoms with Crippen LogP contribution in [0.2, 0.25) is 0 Å². The van der Waals surface area contributed by atoms with Gasteiger partial charge in [-0.2, -0.15) is 0 Å². The molecule has 4 nitrogen and oxygen atoms in total. The van der Waals surface area contributed by atoms with Crippen LogP contribution in [0, 0.1) is 0 Å². The molecule has 0 saturated carbocycles. The van der Waals surface area contributed by atoms with Gasteiger partial charge in [-0.1, -0.05) is 18.2 Å². The lowest BCUT2D eigenvalue weighted by molar-refractivity contribution is 0.0742. The van der Waals surface area contributed by atoms with Gasteiger partial charge in [0.25, 0.3) is 5.91 Å². The third-order valence-electron chi connectivity index (χ3n) is 3.59. The molecule has 0 aliphatic heterocycles. The van der Waals surface area contributed by atoms with Crippen LogP contribution in [0.5, 0.6) is 11.5 Å². The number of methoxy groups -OCH3 is 1. The number of rotatable bonds is 4. The van der Waals surface area contributed by atoms with E-state index in [2.05, 4.69) is 0 Å². The zero-order chi connectivity index (χ0) is 15.4. The molecule has 1 N–H and O–H groups in total. The molecule has 110 valence electrons. The maximum absolute atomic E-state index is 12.5. The van der Waals surface area contributed by atoms with Gasteiger partial charge in [-0.3, -0.25) is 4.79 Å². The summed E-state index contributed by atoms with van der Waals surface area (Å²) in [4.78, 5) is 14.2. The summed E-state index contributed by atoms with van der Waals surface area (Å²) in [5.74, 6) is 0.800. The van der Waals surface area contributed by atoms with Crippen LogP contribution in [0.4, 0.5) is 0 Å². The van der Waals surface area contributed by atoms with E-state index in [9.17, 15) is 9.90 Å². The third kappa shape index (κ3) is 3.34. The summed E-state index contributed by atoms with van der Waals surface area (Å²) in [6.45, 7) is 1.95. The van der Waals surface area contributed by atoms with Crippen molar-refractivity contribution in [1.82, 2.24) is 4.90 Å². The van der Waals surface area contributed by atoms with E-state index in [1.807, 2.05) is 19.1 Å². The first-order valence-electron chi connectivity index (χ1n) is 6.73. The van der Waals surface area contributed by atoms with E-state index in [1.165, 1.54) is 0 Å². The van der Waals surface area contributed by atoms with Gasteiger partial charge in [0.1, 0.15) is 11.5 Å². The van der Waals surface area contributed by atoms with Gasteiger partial charge < -0.3 is 14.7 Å². The normalized spacial score (nSPS) is 11.8. The molecule has 2 aromatic carbocycles. The first-order chi connectivity index (χ1) is 10.0. The summed E-state index contributed by atoms with van der Waals surface area (Å²) in [7, 11) is 3.34. The summed E-state index contributed by atoms with van der Waals surface area (Å²) in [6.07, 6.45) is 0. The van der Waals surface area contributed by atoms with Crippen molar-refractivity contribution in [3.63, 3.8) is 0 Å². The maximum Gasteiger partial charge on any atom is 0.254 e. The molecule has 0 heterocycles. The Kier molecular flexibility index (Phi) is 4.48. The van der Waals surface area contributed by atoms with E-state index in [0.717, 1.165) is 5.56 Å². The van der Waals surface area contributed by atoms with E-state index in [0.29, 0.717) is 11.3 Å². The second-order valence-corrected chi connectivity index (χ2v) is 4.92. The average Bonchev–Trinajstić information content (AvgIpc) is 2.53. The summed E-state index contributed by atoms with van der Waals surface area (Å²) in [5, 5.41) is 9.33. The number of hydrogen-bond donors (Lipinski definition) is 1. The van der Waals surface area contributed by atoms with Crippen LogP contribution >= 0.6 is 0 Å². The highest BCUT2D eigenvalue weighted by Gasteiger charge is 2.19. The first kappa shape index (κ1) is 14.9. The van der Waals surface area contributed by atoms with Crippen LogP contribution in [-0.4, -0.2) is 30.1 Å². The fourth-order valence-electron chi connectivity index (χ4n) is 2.11. The quantitative estimate of drug-likeness (QED) is 0.938. The number of carbonyl (C=O) groups excluding carboxylic acids is 1. The minimum Gasteiger partial charge on any atom is -0.508 e. The minimum absolute atomic E-state index is 0.0746. The van der Waals surface area contributed by atoms with Gasteiger partial charge in [0.05, 0.1) is 13.2 Å². The number of ether oxygens (including phenoxy) is 1. The Labute approximate surface area is 124 Å². The van der Waals surface area contributed by atoms with E-state index in [-0.39, 0.29) is 17.7 Å². The first-order valence-corrected chi connectivity index (χ1v) is 6.73. The highest BCUT2D eigenvalue weighted by molar-refractivity contribution is 5.94. The number of phenols is 1. The van der Waals surface area contributed by atoms with Crippen LogP contribution in [0.15, 0.2) is 48.5 Å². The molecule has 0 bridgehead atoms. The fraction of sp³-hybridized carbons (Fsp3) is 0.235. The summed E-state index contributed by atoms with van der Waals surface area (Å²) in [5.41, 5.74) is 1.55. The Morgan fingerprint density at radius 1 is 1.19 bits per heavy atom. The van der Waals surface area contributed by atoms with Crippen molar-refractivity contribution in [1.29, 1.82) is 0 Å². The lowest BCUT2D eigenvalue weighted by atomic mass is 10.1. The van der Waals surface area contributed by atoms with Crippen molar-refractivity contribution in [2.75, 3.05) is 14.2 Å². The maximum atomic E-state index is 12.5. The number of carbonyl (C=O) groups is 1. The van der Waals surface area contributed by atoms with Crippen LogP contribution in [-0.2, 0) is 0 Å². The van der Waals surface area contributed by atoms with Gasteiger partial charge in [-0.05, 0) is 42.8 Å². The highest BCUT2D eigenvalue weighted by Crippen LogP contribution is 2.23. The molecule has 21 heavy (non-hydrogen) atoms. The van der Waals surface area contributed by atoms with Crippen molar-refractivity contribution in [2.24, 2.45) is 0 Å². The minimum atomic E-state index is -0.0932. The molecule has 2 rings (SSSR count). The molecule has 1 atom stereocenters. The van der Waals surface area contributed by atoms with Gasteiger partial charge >= 0.3 is 0 Å². The van der Waals surface area contributed by atoms with Crippen molar-refractivity contribution in [3.05, 3.63) is 59.7 Å². The molecule has 0 aliphatic carbocycles. The van der Waals surface area contributed by atoms with E-state index in [4.69, 9.17) is 4.74 Å². The van der Waals surface area contributed by atoms with Crippen molar-refractivity contribution in [3.8, 4) is 11.5 Å². The lowest BCUT2D eigenvalue weighted by Gasteiger charge is -2.25. The van der Waals surface area contributed by atoms with E-state index >= 15 is 0 Å². The van der Waals surface area contributed by atoms with Crippen molar-refractivity contribution in [2.45, 2.75) is 13.0 Å². The molecule has 0 saturated heterocycles. The zero-order valence-electron chi connectivity index (χ0n) is 12.4. The number of aromatic hydroxyl groups is 1. The predicted molar refractivity (Wildman–Crippen MR) is 81.6 cm³/mol. The van der Waals surface area contributed by atoms with E-state index < -0.39 is 0 Å². The summed E-state index contributed by atoms with van der Waals surface area (Å²) < 4.78 is 5.14. The number of phenolic OH excluding ortho intramolecular Hbond substituents is 1. The molecular weight excluding hydrogens is 266 g/mol. The number of nitrogens with zero attached hydrogens (tertiary/aromatic N) is 1. The predicted octanol–water partition coefficient (Wildman–Crippen LogP) is 3.23. The third-order valence-corrected chi connectivity index (χ3v) is 3.59. The van der Waals surface area contributed by atoms with Crippen LogP contribution < -0.4 is 4.74 Å². The molecule has 0 spiro atoms. The number of hydrogen-bond acceptors (Lipinski definition) is 3. The molecule has 1 amide bonds. The van der Waals surface area contributed by atoms with Gasteiger partial charge in [-0.15, -0.1) is 0 Å². The van der Waals surface area contributed by atoms with Crippen LogP contribution in [0.25, 0.3) is 0 Å². The smallest absolute Gasteiger partial charge is 0.254 e. The Balaban J connectivity index is 2.19. The standard InChI is InChI=1S/C17H19NO3/c1-12(13-7-9-15(19)10-8-13)18(2)17(20)14-5-4-6-16(11-14)21-3/h4-12,19H,1-3H3. The Bertz CT molecular complexity index is 622.